The van der Waals surface area contributed by atoms with Crippen molar-refractivity contribution in [3.63, 3.8) is 0 Å². The first-order valence-electron chi connectivity index (χ1n) is 6.47. The monoisotopic (exact) mass is 278 g/mol. The number of hydrogen-bond donors (Lipinski definition) is 2. The van der Waals surface area contributed by atoms with E-state index in [-0.39, 0.29) is 24.4 Å². The Morgan fingerprint density at radius 2 is 2.35 bits per heavy atom. The molecule has 0 saturated carbocycles. The fourth-order valence-corrected chi connectivity index (χ4v) is 2.40. The molecule has 1 atom stereocenters. The van der Waals surface area contributed by atoms with Gasteiger partial charge in [0, 0.05) is 24.0 Å². The number of hydrogen-bond acceptors (Lipinski definition) is 3. The summed E-state index contributed by atoms with van der Waals surface area (Å²) >= 11 is 0. The molecule has 0 spiro atoms. The van der Waals surface area contributed by atoms with Crippen molar-refractivity contribution in [2.75, 3.05) is 26.3 Å². The van der Waals surface area contributed by atoms with Gasteiger partial charge in [0.1, 0.15) is 11.5 Å². The summed E-state index contributed by atoms with van der Waals surface area (Å²) in [5, 5.41) is 9.76. The molecule has 2 N–H and O–H groups in total. The van der Waals surface area contributed by atoms with Crippen molar-refractivity contribution in [1.82, 2.24) is 9.88 Å². The lowest BCUT2D eigenvalue weighted by Crippen LogP contribution is -2.47. The molecule has 0 bridgehead atoms. The van der Waals surface area contributed by atoms with Gasteiger partial charge >= 0.3 is 0 Å². The zero-order valence-electron chi connectivity index (χ0n) is 10.8. The molecule has 5 nitrogen and oxygen atoms in total. The fourth-order valence-electron chi connectivity index (χ4n) is 2.40. The minimum absolute atomic E-state index is 0.109. The van der Waals surface area contributed by atoms with Crippen molar-refractivity contribution in [2.24, 2.45) is 0 Å². The maximum Gasteiger partial charge on any atom is 0.270 e. The number of carbonyl (C=O) groups is 1. The standard InChI is InChI=1S/C14H15FN2O3/c15-10-1-2-12-9(5-10)6-13(16-12)14(19)17-3-4-20-11(7-17)8-18/h1-2,5-6,11,16,18H,3-4,7-8H2. The molecular weight excluding hydrogens is 263 g/mol. The lowest BCUT2D eigenvalue weighted by Gasteiger charge is -2.31. The minimum Gasteiger partial charge on any atom is -0.394 e. The number of aliphatic hydroxyl groups excluding tert-OH is 1. The van der Waals surface area contributed by atoms with Gasteiger partial charge in [-0.2, -0.15) is 0 Å². The molecule has 0 aliphatic carbocycles. The third-order valence-corrected chi connectivity index (χ3v) is 3.44. The van der Waals surface area contributed by atoms with E-state index in [4.69, 9.17) is 9.84 Å². The van der Waals surface area contributed by atoms with Gasteiger partial charge in [0.15, 0.2) is 0 Å². The van der Waals surface area contributed by atoms with E-state index in [1.54, 1.807) is 17.0 Å². The number of ether oxygens (including phenoxy) is 1. The molecule has 0 radical (unpaired) electrons. The Kier molecular flexibility index (Phi) is 3.42. The van der Waals surface area contributed by atoms with E-state index >= 15 is 0 Å². The Balaban J connectivity index is 1.84. The number of nitrogens with zero attached hydrogens (tertiary/aromatic N) is 1. The normalized spacial score (nSPS) is 19.5. The minimum atomic E-state index is -0.338. The van der Waals surface area contributed by atoms with Crippen molar-refractivity contribution < 1.29 is 19.0 Å². The molecule has 1 aliphatic rings. The number of halogens is 1. The molecule has 6 heteroatoms. The van der Waals surface area contributed by atoms with Crippen molar-refractivity contribution >= 4 is 16.8 Å². The fraction of sp³-hybridized carbons (Fsp3) is 0.357. The van der Waals surface area contributed by atoms with E-state index < -0.39 is 0 Å². The Hall–Kier alpha value is -1.92. The van der Waals surface area contributed by atoms with Crippen LogP contribution in [0.4, 0.5) is 4.39 Å². The molecule has 3 rings (SSSR count). The first-order valence-corrected chi connectivity index (χ1v) is 6.47. The quantitative estimate of drug-likeness (QED) is 0.865. The van der Waals surface area contributed by atoms with Crippen molar-refractivity contribution in [3.05, 3.63) is 35.8 Å². The van der Waals surface area contributed by atoms with E-state index in [9.17, 15) is 9.18 Å². The molecule has 20 heavy (non-hydrogen) atoms. The first kappa shape index (κ1) is 13.1. The van der Waals surface area contributed by atoms with Crippen LogP contribution in [0.1, 0.15) is 10.5 Å². The number of benzene rings is 1. The van der Waals surface area contributed by atoms with Gasteiger partial charge in [0.2, 0.25) is 0 Å². The average molecular weight is 278 g/mol. The number of carbonyl (C=O) groups excluding carboxylic acids is 1. The Morgan fingerprint density at radius 1 is 1.50 bits per heavy atom. The average Bonchev–Trinajstić information content (AvgIpc) is 2.89. The highest BCUT2D eigenvalue weighted by molar-refractivity contribution is 5.98. The van der Waals surface area contributed by atoms with Crippen LogP contribution >= 0.6 is 0 Å². The molecule has 1 unspecified atom stereocenters. The maximum atomic E-state index is 13.1. The van der Waals surface area contributed by atoms with Gasteiger partial charge in [-0.25, -0.2) is 4.39 Å². The number of aromatic nitrogens is 1. The van der Waals surface area contributed by atoms with Crippen LogP contribution in [0.2, 0.25) is 0 Å². The van der Waals surface area contributed by atoms with Gasteiger partial charge in [-0.1, -0.05) is 0 Å². The van der Waals surface area contributed by atoms with Gasteiger partial charge in [0.05, 0.1) is 19.3 Å². The summed E-state index contributed by atoms with van der Waals surface area (Å²) in [6, 6.07) is 5.99. The smallest absolute Gasteiger partial charge is 0.270 e. The molecule has 2 heterocycles. The second-order valence-electron chi connectivity index (χ2n) is 4.84. The number of aliphatic hydroxyl groups is 1. The molecule has 1 amide bonds. The van der Waals surface area contributed by atoms with E-state index in [0.717, 1.165) is 5.52 Å². The molecule has 1 aromatic heterocycles. The summed E-state index contributed by atoms with van der Waals surface area (Å²) in [5.74, 6) is -0.495. The lowest BCUT2D eigenvalue weighted by molar-refractivity contribution is -0.0448. The Labute approximate surface area is 115 Å². The largest absolute Gasteiger partial charge is 0.394 e. The predicted molar refractivity (Wildman–Crippen MR) is 71.0 cm³/mol. The number of morpholine rings is 1. The summed E-state index contributed by atoms with van der Waals surface area (Å²) < 4.78 is 18.5. The summed E-state index contributed by atoms with van der Waals surface area (Å²) in [6.45, 7) is 1.14. The third-order valence-electron chi connectivity index (χ3n) is 3.44. The van der Waals surface area contributed by atoms with Crippen LogP contribution in [0.25, 0.3) is 10.9 Å². The van der Waals surface area contributed by atoms with Gasteiger partial charge < -0.3 is 19.7 Å². The second-order valence-corrected chi connectivity index (χ2v) is 4.84. The molecular formula is C14H15FN2O3. The van der Waals surface area contributed by atoms with Crippen LogP contribution in [0.15, 0.2) is 24.3 Å². The van der Waals surface area contributed by atoms with Crippen molar-refractivity contribution in [3.8, 4) is 0 Å². The van der Waals surface area contributed by atoms with E-state index in [1.807, 2.05) is 0 Å². The van der Waals surface area contributed by atoms with Crippen LogP contribution in [0.3, 0.4) is 0 Å². The van der Waals surface area contributed by atoms with Crippen molar-refractivity contribution in [2.45, 2.75) is 6.10 Å². The predicted octanol–water partition coefficient (Wildman–Crippen LogP) is 1.14. The van der Waals surface area contributed by atoms with Crippen molar-refractivity contribution in [1.29, 1.82) is 0 Å². The number of aromatic amines is 1. The summed E-state index contributed by atoms with van der Waals surface area (Å²) in [6.07, 6.45) is -0.338. The van der Waals surface area contributed by atoms with Gasteiger partial charge in [-0.15, -0.1) is 0 Å². The maximum absolute atomic E-state index is 13.1. The van der Waals surface area contributed by atoms with E-state index in [0.29, 0.717) is 30.8 Å². The number of rotatable bonds is 2. The highest BCUT2D eigenvalue weighted by Crippen LogP contribution is 2.18. The SMILES string of the molecule is O=C(c1cc2cc(F)ccc2[nH]1)N1CCOC(CO)C1. The number of fused-ring (bicyclic) bond motifs is 1. The number of amides is 1. The summed E-state index contributed by atoms with van der Waals surface area (Å²) in [7, 11) is 0. The molecule has 106 valence electrons. The number of nitrogens with one attached hydrogen (secondary N) is 1. The molecule has 1 saturated heterocycles. The molecule has 1 aromatic carbocycles. The topological polar surface area (TPSA) is 65.6 Å². The van der Waals surface area contributed by atoms with Crippen LogP contribution < -0.4 is 0 Å². The van der Waals surface area contributed by atoms with E-state index in [1.165, 1.54) is 12.1 Å². The number of H-pyrrole nitrogens is 1. The van der Waals surface area contributed by atoms with E-state index in [2.05, 4.69) is 4.98 Å². The zero-order chi connectivity index (χ0) is 14.1. The Bertz CT molecular complexity index is 640. The van der Waals surface area contributed by atoms with Gasteiger partial charge in [-0.05, 0) is 24.3 Å². The highest BCUT2D eigenvalue weighted by atomic mass is 19.1. The molecule has 1 aliphatic heterocycles. The van der Waals surface area contributed by atoms with Crippen LogP contribution in [0.5, 0.6) is 0 Å². The third kappa shape index (κ3) is 2.39. The lowest BCUT2D eigenvalue weighted by atomic mass is 10.2. The highest BCUT2D eigenvalue weighted by Gasteiger charge is 2.25. The molecule has 1 fully saturated rings. The zero-order valence-corrected chi connectivity index (χ0v) is 10.8. The Morgan fingerprint density at radius 3 is 3.15 bits per heavy atom. The van der Waals surface area contributed by atoms with Gasteiger partial charge in [-0.3, -0.25) is 4.79 Å². The van der Waals surface area contributed by atoms with Crippen LogP contribution in [-0.2, 0) is 4.74 Å². The summed E-state index contributed by atoms with van der Waals surface area (Å²) in [4.78, 5) is 17.0. The van der Waals surface area contributed by atoms with Crippen LogP contribution in [-0.4, -0.2) is 53.3 Å². The summed E-state index contributed by atoms with van der Waals surface area (Å²) in [5.41, 5.74) is 1.14. The molecule has 2 aromatic rings. The first-order chi connectivity index (χ1) is 9.67. The second kappa shape index (κ2) is 5.22. The van der Waals surface area contributed by atoms with Gasteiger partial charge in [0.25, 0.3) is 5.91 Å². The van der Waals surface area contributed by atoms with Crippen LogP contribution in [0, 0.1) is 5.82 Å².